The molecule has 0 aromatic heterocycles. The van der Waals surface area contributed by atoms with Gasteiger partial charge in [-0.1, -0.05) is 12.1 Å². The lowest BCUT2D eigenvalue weighted by molar-refractivity contribution is -0.384. The molecular formula is C13H16ClNO3. The van der Waals surface area contributed by atoms with E-state index in [0.29, 0.717) is 5.92 Å². The monoisotopic (exact) mass is 269 g/mol. The first-order valence-corrected chi connectivity index (χ1v) is 6.55. The predicted molar refractivity (Wildman–Crippen MR) is 70.0 cm³/mol. The van der Waals surface area contributed by atoms with Crippen LogP contribution in [0.4, 0.5) is 5.69 Å². The summed E-state index contributed by atoms with van der Waals surface area (Å²) < 4.78 is 5.42. The van der Waals surface area contributed by atoms with Crippen LogP contribution in [0.15, 0.2) is 24.3 Å². The van der Waals surface area contributed by atoms with E-state index in [0.717, 1.165) is 38.0 Å². The minimum Gasteiger partial charge on any atom is -0.381 e. The van der Waals surface area contributed by atoms with Gasteiger partial charge in [0.25, 0.3) is 5.69 Å². The van der Waals surface area contributed by atoms with Crippen LogP contribution in [0.5, 0.6) is 0 Å². The van der Waals surface area contributed by atoms with Crippen molar-refractivity contribution in [3.63, 3.8) is 0 Å². The average Bonchev–Trinajstić information content (AvgIpc) is 2.38. The SMILES string of the molecule is O=[N+]([O-])c1ccc(CCC2COCCC2Cl)cc1. The standard InChI is InChI=1S/C13H16ClNO3/c14-13-7-8-18-9-11(13)4-1-10-2-5-12(6-3-10)15(16)17/h2-3,5-6,11,13H,1,4,7-9H2. The zero-order chi connectivity index (χ0) is 13.0. The Balaban J connectivity index is 1.87. The molecule has 2 atom stereocenters. The molecule has 0 spiro atoms. The fourth-order valence-corrected chi connectivity index (χ4v) is 2.46. The second-order valence-electron chi connectivity index (χ2n) is 4.60. The van der Waals surface area contributed by atoms with Crippen molar-refractivity contribution >= 4 is 17.3 Å². The molecule has 0 radical (unpaired) electrons. The smallest absolute Gasteiger partial charge is 0.269 e. The summed E-state index contributed by atoms with van der Waals surface area (Å²) in [5.41, 5.74) is 1.24. The van der Waals surface area contributed by atoms with Crippen molar-refractivity contribution < 1.29 is 9.66 Å². The second-order valence-corrected chi connectivity index (χ2v) is 5.16. The van der Waals surface area contributed by atoms with E-state index in [1.807, 2.05) is 12.1 Å². The Morgan fingerprint density at radius 2 is 2.11 bits per heavy atom. The van der Waals surface area contributed by atoms with Gasteiger partial charge in [-0.05, 0) is 30.7 Å². The van der Waals surface area contributed by atoms with Gasteiger partial charge in [-0.15, -0.1) is 11.6 Å². The molecule has 0 saturated carbocycles. The van der Waals surface area contributed by atoms with Gasteiger partial charge in [-0.3, -0.25) is 10.1 Å². The highest BCUT2D eigenvalue weighted by atomic mass is 35.5. The molecule has 4 nitrogen and oxygen atoms in total. The molecule has 1 heterocycles. The van der Waals surface area contributed by atoms with Gasteiger partial charge in [0.2, 0.25) is 0 Å². The summed E-state index contributed by atoms with van der Waals surface area (Å²) in [5, 5.41) is 10.7. The van der Waals surface area contributed by atoms with Crippen LogP contribution in [0.2, 0.25) is 0 Å². The Kier molecular flexibility index (Phi) is 4.55. The summed E-state index contributed by atoms with van der Waals surface area (Å²) in [6.45, 7) is 1.48. The number of halogens is 1. The van der Waals surface area contributed by atoms with Gasteiger partial charge in [0.05, 0.1) is 11.5 Å². The van der Waals surface area contributed by atoms with E-state index in [4.69, 9.17) is 16.3 Å². The first-order chi connectivity index (χ1) is 8.66. The minimum atomic E-state index is -0.381. The van der Waals surface area contributed by atoms with E-state index in [1.165, 1.54) is 0 Å². The van der Waals surface area contributed by atoms with Crippen LogP contribution in [-0.2, 0) is 11.2 Å². The number of alkyl halides is 1. The van der Waals surface area contributed by atoms with E-state index >= 15 is 0 Å². The van der Waals surface area contributed by atoms with E-state index in [-0.39, 0.29) is 16.0 Å². The number of ether oxygens (including phenoxy) is 1. The van der Waals surface area contributed by atoms with Crippen LogP contribution in [0, 0.1) is 16.0 Å². The number of non-ortho nitro benzene ring substituents is 1. The molecule has 1 aliphatic rings. The highest BCUT2D eigenvalue weighted by molar-refractivity contribution is 6.20. The van der Waals surface area contributed by atoms with Crippen LogP contribution in [0.25, 0.3) is 0 Å². The van der Waals surface area contributed by atoms with Crippen molar-refractivity contribution in [3.8, 4) is 0 Å². The van der Waals surface area contributed by atoms with Crippen molar-refractivity contribution in [2.45, 2.75) is 24.6 Å². The average molecular weight is 270 g/mol. The maximum atomic E-state index is 10.5. The van der Waals surface area contributed by atoms with Crippen molar-refractivity contribution in [3.05, 3.63) is 39.9 Å². The summed E-state index contributed by atoms with van der Waals surface area (Å²) in [5.74, 6) is 0.385. The third-order valence-corrected chi connectivity index (χ3v) is 3.91. The molecule has 18 heavy (non-hydrogen) atoms. The fourth-order valence-electron chi connectivity index (χ4n) is 2.17. The van der Waals surface area contributed by atoms with Crippen molar-refractivity contribution in [1.29, 1.82) is 0 Å². The van der Waals surface area contributed by atoms with Gasteiger partial charge in [-0.2, -0.15) is 0 Å². The second kappa shape index (κ2) is 6.16. The number of rotatable bonds is 4. The highest BCUT2D eigenvalue weighted by Crippen LogP contribution is 2.25. The summed E-state index contributed by atoms with van der Waals surface area (Å²) in [7, 11) is 0. The van der Waals surface area contributed by atoms with Gasteiger partial charge >= 0.3 is 0 Å². The Morgan fingerprint density at radius 1 is 1.39 bits per heavy atom. The molecular weight excluding hydrogens is 254 g/mol. The van der Waals surface area contributed by atoms with Crippen LogP contribution in [0.3, 0.4) is 0 Å². The third kappa shape index (κ3) is 3.43. The molecule has 1 fully saturated rings. The van der Waals surface area contributed by atoms with Gasteiger partial charge < -0.3 is 4.74 Å². The van der Waals surface area contributed by atoms with E-state index in [1.54, 1.807) is 12.1 Å². The molecule has 1 aromatic carbocycles. The predicted octanol–water partition coefficient (Wildman–Crippen LogP) is 3.17. The number of hydrogen-bond acceptors (Lipinski definition) is 3. The van der Waals surface area contributed by atoms with Crippen molar-refractivity contribution in [2.75, 3.05) is 13.2 Å². The molecule has 1 saturated heterocycles. The summed E-state index contributed by atoms with van der Waals surface area (Å²) in [4.78, 5) is 10.2. The maximum absolute atomic E-state index is 10.5. The Morgan fingerprint density at radius 3 is 2.72 bits per heavy atom. The third-order valence-electron chi connectivity index (χ3n) is 3.33. The lowest BCUT2D eigenvalue weighted by atomic mass is 9.94. The summed E-state index contributed by atoms with van der Waals surface area (Å²) in [6, 6.07) is 6.71. The first-order valence-electron chi connectivity index (χ1n) is 6.12. The highest BCUT2D eigenvalue weighted by Gasteiger charge is 2.23. The molecule has 5 heteroatoms. The van der Waals surface area contributed by atoms with Crippen LogP contribution >= 0.6 is 11.6 Å². The van der Waals surface area contributed by atoms with Gasteiger partial charge in [-0.25, -0.2) is 0 Å². The van der Waals surface area contributed by atoms with Gasteiger partial charge in [0.15, 0.2) is 0 Å². The zero-order valence-electron chi connectivity index (χ0n) is 10.0. The molecule has 0 aliphatic carbocycles. The molecule has 2 unspecified atom stereocenters. The van der Waals surface area contributed by atoms with E-state index in [9.17, 15) is 10.1 Å². The topological polar surface area (TPSA) is 52.4 Å². The lowest BCUT2D eigenvalue weighted by Crippen LogP contribution is -2.28. The van der Waals surface area contributed by atoms with Crippen LogP contribution < -0.4 is 0 Å². The number of hydrogen-bond donors (Lipinski definition) is 0. The first kappa shape index (κ1) is 13.3. The van der Waals surface area contributed by atoms with E-state index in [2.05, 4.69) is 0 Å². The molecule has 0 amide bonds. The summed E-state index contributed by atoms with van der Waals surface area (Å²) in [6.07, 6.45) is 2.76. The summed E-state index contributed by atoms with van der Waals surface area (Å²) >= 11 is 6.25. The Labute approximate surface area is 111 Å². The van der Waals surface area contributed by atoms with Crippen molar-refractivity contribution in [2.24, 2.45) is 5.92 Å². The molecule has 1 aliphatic heterocycles. The van der Waals surface area contributed by atoms with Crippen molar-refractivity contribution in [1.82, 2.24) is 0 Å². The number of nitro benzene ring substituents is 1. The number of aryl methyl sites for hydroxylation is 1. The lowest BCUT2D eigenvalue weighted by Gasteiger charge is -2.27. The zero-order valence-corrected chi connectivity index (χ0v) is 10.8. The quantitative estimate of drug-likeness (QED) is 0.479. The molecule has 0 N–H and O–H groups in total. The largest absolute Gasteiger partial charge is 0.381 e. The van der Waals surface area contributed by atoms with E-state index < -0.39 is 0 Å². The Bertz CT molecular complexity index is 407. The molecule has 0 bridgehead atoms. The van der Waals surface area contributed by atoms with Gasteiger partial charge in [0, 0.05) is 24.1 Å². The normalized spacial score (nSPS) is 23.8. The number of nitro groups is 1. The Hall–Kier alpha value is -1.13. The molecule has 1 aromatic rings. The minimum absolute atomic E-state index is 0.134. The molecule has 98 valence electrons. The maximum Gasteiger partial charge on any atom is 0.269 e. The molecule has 2 rings (SSSR count). The van der Waals surface area contributed by atoms with Crippen LogP contribution in [-0.4, -0.2) is 23.5 Å². The van der Waals surface area contributed by atoms with Crippen LogP contribution in [0.1, 0.15) is 18.4 Å². The fraction of sp³-hybridized carbons (Fsp3) is 0.538. The number of benzene rings is 1. The van der Waals surface area contributed by atoms with Gasteiger partial charge in [0.1, 0.15) is 0 Å². The number of nitrogens with zero attached hydrogens (tertiary/aromatic N) is 1.